The van der Waals surface area contributed by atoms with Gasteiger partial charge in [0.15, 0.2) is 4.80 Å². The highest BCUT2D eigenvalue weighted by molar-refractivity contribution is 7.16. The van der Waals surface area contributed by atoms with Crippen LogP contribution in [0.5, 0.6) is 11.5 Å². The Morgan fingerprint density at radius 2 is 1.75 bits per heavy atom. The molecule has 138 valence electrons. The van der Waals surface area contributed by atoms with Crippen molar-refractivity contribution in [3.05, 3.63) is 102 Å². The molecule has 0 fully saturated rings. The average Bonchev–Trinajstić information content (AvgIpc) is 3.06. The molecule has 0 aliphatic heterocycles. The van der Waals surface area contributed by atoms with Crippen LogP contribution in [0, 0.1) is 0 Å². The van der Waals surface area contributed by atoms with Crippen LogP contribution >= 0.6 is 11.3 Å². The Morgan fingerprint density at radius 1 is 1.00 bits per heavy atom. The molecule has 0 aliphatic carbocycles. The Balaban J connectivity index is 1.69. The monoisotopic (exact) mass is 386 g/mol. The van der Waals surface area contributed by atoms with Gasteiger partial charge < -0.3 is 9.30 Å². The smallest absolute Gasteiger partial charge is 0.279 e. The number of amides is 1. The summed E-state index contributed by atoms with van der Waals surface area (Å²) >= 11 is 1.49. The van der Waals surface area contributed by atoms with Gasteiger partial charge in [0.25, 0.3) is 5.91 Å². The fourth-order valence-electron chi connectivity index (χ4n) is 2.88. The number of rotatable bonds is 5. The van der Waals surface area contributed by atoms with Gasteiger partial charge in [0, 0.05) is 12.1 Å². The van der Waals surface area contributed by atoms with Crippen molar-refractivity contribution in [1.29, 1.82) is 0 Å². The Kier molecular flexibility index (Phi) is 5.17. The number of fused-ring (bicyclic) bond motifs is 1. The molecular weight excluding hydrogens is 368 g/mol. The lowest BCUT2D eigenvalue weighted by Crippen LogP contribution is -2.16. The van der Waals surface area contributed by atoms with E-state index in [-0.39, 0.29) is 5.91 Å². The number of carbonyl (C=O) groups is 1. The van der Waals surface area contributed by atoms with Crippen molar-refractivity contribution < 1.29 is 9.53 Å². The van der Waals surface area contributed by atoms with Crippen LogP contribution in [0.15, 0.2) is 96.5 Å². The molecule has 0 saturated heterocycles. The number of hydrogen-bond donors (Lipinski definition) is 0. The molecular formula is C23H18N2O2S. The first kappa shape index (κ1) is 17.9. The topological polar surface area (TPSA) is 43.6 Å². The summed E-state index contributed by atoms with van der Waals surface area (Å²) < 4.78 is 8.90. The summed E-state index contributed by atoms with van der Waals surface area (Å²) in [6.07, 6.45) is 1.80. The maximum Gasteiger partial charge on any atom is 0.279 e. The zero-order valence-corrected chi connectivity index (χ0v) is 15.9. The molecule has 28 heavy (non-hydrogen) atoms. The third-order valence-electron chi connectivity index (χ3n) is 4.16. The van der Waals surface area contributed by atoms with E-state index in [4.69, 9.17) is 4.74 Å². The molecule has 1 aromatic heterocycles. The Labute approximate surface area is 166 Å². The second-order valence-electron chi connectivity index (χ2n) is 6.11. The average molecular weight is 386 g/mol. The van der Waals surface area contributed by atoms with Crippen molar-refractivity contribution in [3.63, 3.8) is 0 Å². The highest BCUT2D eigenvalue weighted by Crippen LogP contribution is 2.22. The molecule has 4 nitrogen and oxygen atoms in total. The molecule has 0 unspecified atom stereocenters. The van der Waals surface area contributed by atoms with E-state index in [9.17, 15) is 4.79 Å². The Morgan fingerprint density at radius 3 is 2.57 bits per heavy atom. The van der Waals surface area contributed by atoms with Crippen molar-refractivity contribution in [2.45, 2.75) is 6.54 Å². The normalized spacial score (nSPS) is 11.5. The van der Waals surface area contributed by atoms with E-state index in [2.05, 4.69) is 11.6 Å². The molecule has 0 radical (unpaired) electrons. The van der Waals surface area contributed by atoms with Crippen molar-refractivity contribution >= 4 is 27.5 Å². The van der Waals surface area contributed by atoms with E-state index in [0.29, 0.717) is 22.7 Å². The number of benzene rings is 3. The van der Waals surface area contributed by atoms with Gasteiger partial charge in [-0.05, 0) is 42.5 Å². The van der Waals surface area contributed by atoms with Gasteiger partial charge in [-0.2, -0.15) is 4.99 Å². The summed E-state index contributed by atoms with van der Waals surface area (Å²) in [4.78, 5) is 17.8. The van der Waals surface area contributed by atoms with Gasteiger partial charge in [-0.1, -0.05) is 53.8 Å². The van der Waals surface area contributed by atoms with Gasteiger partial charge in [-0.15, -0.1) is 6.58 Å². The number of aromatic nitrogens is 1. The lowest BCUT2D eigenvalue weighted by molar-refractivity contribution is 0.0997. The van der Waals surface area contributed by atoms with Crippen LogP contribution in [-0.4, -0.2) is 10.5 Å². The maximum absolute atomic E-state index is 12.8. The lowest BCUT2D eigenvalue weighted by atomic mass is 10.2. The molecule has 0 N–H and O–H groups in total. The van der Waals surface area contributed by atoms with Crippen molar-refractivity contribution in [2.75, 3.05) is 0 Å². The number of para-hydroxylation sites is 2. The first-order chi connectivity index (χ1) is 13.7. The Bertz CT molecular complexity index is 1210. The number of ether oxygens (including phenoxy) is 1. The van der Waals surface area contributed by atoms with Crippen LogP contribution in [0.25, 0.3) is 10.2 Å². The van der Waals surface area contributed by atoms with E-state index < -0.39 is 0 Å². The fourth-order valence-corrected chi connectivity index (χ4v) is 3.92. The van der Waals surface area contributed by atoms with E-state index in [1.807, 2.05) is 65.2 Å². The zero-order chi connectivity index (χ0) is 19.3. The maximum atomic E-state index is 12.8. The number of carbonyl (C=O) groups excluding carboxylic acids is 1. The summed E-state index contributed by atoms with van der Waals surface area (Å²) in [7, 11) is 0. The Hall–Kier alpha value is -3.44. The molecule has 0 saturated carbocycles. The van der Waals surface area contributed by atoms with Crippen LogP contribution < -0.4 is 9.54 Å². The first-order valence-corrected chi connectivity index (χ1v) is 9.67. The minimum atomic E-state index is -0.303. The van der Waals surface area contributed by atoms with E-state index in [1.54, 1.807) is 24.3 Å². The molecule has 1 amide bonds. The first-order valence-electron chi connectivity index (χ1n) is 8.86. The third-order valence-corrected chi connectivity index (χ3v) is 5.22. The molecule has 0 atom stereocenters. The summed E-state index contributed by atoms with van der Waals surface area (Å²) in [5.74, 6) is 1.02. The van der Waals surface area contributed by atoms with Crippen molar-refractivity contribution in [1.82, 2.24) is 4.57 Å². The summed E-state index contributed by atoms with van der Waals surface area (Å²) in [6.45, 7) is 4.40. The standard InChI is InChI=1S/C23H18N2O2S/c1-2-15-25-20-13-6-7-14-21(20)28-23(25)24-22(26)17-9-8-12-19(16-17)27-18-10-4-3-5-11-18/h2-14,16H,1,15H2. The highest BCUT2D eigenvalue weighted by Gasteiger charge is 2.09. The van der Waals surface area contributed by atoms with Gasteiger partial charge in [0.2, 0.25) is 0 Å². The van der Waals surface area contributed by atoms with Crippen LogP contribution in [0.1, 0.15) is 10.4 Å². The quantitative estimate of drug-likeness (QED) is 0.430. The molecule has 1 heterocycles. The van der Waals surface area contributed by atoms with E-state index >= 15 is 0 Å². The van der Waals surface area contributed by atoms with Crippen LogP contribution in [-0.2, 0) is 6.54 Å². The van der Waals surface area contributed by atoms with E-state index in [0.717, 1.165) is 16.0 Å². The van der Waals surface area contributed by atoms with Crippen LogP contribution in [0.3, 0.4) is 0 Å². The molecule has 4 aromatic rings. The molecule has 0 spiro atoms. The number of hydrogen-bond acceptors (Lipinski definition) is 3. The number of nitrogens with zero attached hydrogens (tertiary/aromatic N) is 2. The third kappa shape index (κ3) is 3.80. The van der Waals surface area contributed by atoms with Gasteiger partial charge in [-0.25, -0.2) is 0 Å². The van der Waals surface area contributed by atoms with E-state index in [1.165, 1.54) is 11.3 Å². The van der Waals surface area contributed by atoms with Gasteiger partial charge in [-0.3, -0.25) is 4.79 Å². The predicted molar refractivity (Wildman–Crippen MR) is 113 cm³/mol. The molecule has 0 bridgehead atoms. The van der Waals surface area contributed by atoms with Crippen molar-refractivity contribution in [2.24, 2.45) is 4.99 Å². The second kappa shape index (κ2) is 8.06. The molecule has 5 heteroatoms. The molecule has 4 rings (SSSR count). The van der Waals surface area contributed by atoms with Crippen LogP contribution in [0.4, 0.5) is 0 Å². The van der Waals surface area contributed by atoms with Gasteiger partial charge >= 0.3 is 0 Å². The summed E-state index contributed by atoms with van der Waals surface area (Å²) in [5, 5.41) is 0. The predicted octanol–water partition coefficient (Wildman–Crippen LogP) is 5.42. The lowest BCUT2D eigenvalue weighted by Gasteiger charge is -2.06. The largest absolute Gasteiger partial charge is 0.457 e. The fraction of sp³-hybridized carbons (Fsp3) is 0.0435. The van der Waals surface area contributed by atoms with Crippen molar-refractivity contribution in [3.8, 4) is 11.5 Å². The summed E-state index contributed by atoms with van der Waals surface area (Å²) in [6, 6.07) is 24.5. The minimum absolute atomic E-state index is 0.303. The second-order valence-corrected chi connectivity index (χ2v) is 7.12. The van der Waals surface area contributed by atoms with Crippen LogP contribution in [0.2, 0.25) is 0 Å². The highest BCUT2D eigenvalue weighted by atomic mass is 32.1. The van der Waals surface area contributed by atoms with Gasteiger partial charge in [0.05, 0.1) is 10.2 Å². The number of allylic oxidation sites excluding steroid dienone is 1. The summed E-state index contributed by atoms with van der Waals surface area (Å²) in [5.41, 5.74) is 1.52. The van der Waals surface area contributed by atoms with Gasteiger partial charge in [0.1, 0.15) is 11.5 Å². The SMILES string of the molecule is C=CCn1c(=NC(=O)c2cccc(Oc3ccccc3)c2)sc2ccccc21. The molecule has 0 aliphatic rings. The number of thiazole rings is 1. The molecule has 3 aromatic carbocycles. The minimum Gasteiger partial charge on any atom is -0.457 e. The zero-order valence-electron chi connectivity index (χ0n) is 15.1.